The van der Waals surface area contributed by atoms with Crippen LogP contribution in [0.15, 0.2) is 12.2 Å². The predicted molar refractivity (Wildman–Crippen MR) is 66.6 cm³/mol. The number of carbonyl (C=O) groups is 2. The van der Waals surface area contributed by atoms with Crippen LogP contribution in [-0.4, -0.2) is 17.9 Å². The van der Waals surface area contributed by atoms with Gasteiger partial charge in [0.1, 0.15) is 11.9 Å². The van der Waals surface area contributed by atoms with Crippen LogP contribution in [0.3, 0.4) is 0 Å². The molecule has 0 aromatic heterocycles. The van der Waals surface area contributed by atoms with E-state index in [1.165, 1.54) is 0 Å². The van der Waals surface area contributed by atoms with Crippen molar-refractivity contribution < 1.29 is 14.3 Å². The summed E-state index contributed by atoms with van der Waals surface area (Å²) in [5.41, 5.74) is 0. The molecule has 0 spiro atoms. The summed E-state index contributed by atoms with van der Waals surface area (Å²) in [6, 6.07) is 0. The van der Waals surface area contributed by atoms with Crippen LogP contribution >= 0.6 is 0 Å². The number of hydrogen-bond acceptors (Lipinski definition) is 3. The molecule has 2 atom stereocenters. The van der Waals surface area contributed by atoms with Crippen molar-refractivity contribution in [3.63, 3.8) is 0 Å². The van der Waals surface area contributed by atoms with Gasteiger partial charge in [-0.1, -0.05) is 26.0 Å². The maximum Gasteiger partial charge on any atom is 0.306 e. The number of rotatable bonds is 6. The first-order chi connectivity index (χ1) is 8.19. The fourth-order valence-corrected chi connectivity index (χ4v) is 2.14. The Labute approximate surface area is 103 Å². The summed E-state index contributed by atoms with van der Waals surface area (Å²) < 4.78 is 5.37. The Balaban J connectivity index is 2.49. The summed E-state index contributed by atoms with van der Waals surface area (Å²) in [5.74, 6) is -0.0460. The zero-order valence-corrected chi connectivity index (χ0v) is 10.8. The van der Waals surface area contributed by atoms with Crippen molar-refractivity contribution in [1.82, 2.24) is 0 Å². The second-order valence-electron chi connectivity index (χ2n) is 4.51. The van der Waals surface area contributed by atoms with E-state index in [9.17, 15) is 9.59 Å². The SMILES string of the molecule is CCC=CCC1C(=O)CCC1OC(=O)CCC. The number of ether oxygens (including phenoxy) is 1. The van der Waals surface area contributed by atoms with Crippen LogP contribution < -0.4 is 0 Å². The number of Topliss-reactive ketones (excluding diaryl/α,β-unsaturated/α-hetero) is 1. The van der Waals surface area contributed by atoms with Crippen molar-refractivity contribution in [1.29, 1.82) is 0 Å². The minimum Gasteiger partial charge on any atom is -0.462 e. The number of ketones is 1. The topological polar surface area (TPSA) is 43.4 Å². The highest BCUT2D eigenvalue weighted by Gasteiger charge is 2.36. The van der Waals surface area contributed by atoms with Crippen LogP contribution in [0.1, 0.15) is 52.4 Å². The molecule has 0 bridgehead atoms. The highest BCUT2D eigenvalue weighted by atomic mass is 16.5. The predicted octanol–water partition coefficient (Wildman–Crippen LogP) is 3.03. The average Bonchev–Trinajstić information content (AvgIpc) is 2.62. The van der Waals surface area contributed by atoms with E-state index in [4.69, 9.17) is 4.74 Å². The fraction of sp³-hybridized carbons (Fsp3) is 0.714. The van der Waals surface area contributed by atoms with Crippen molar-refractivity contribution >= 4 is 11.8 Å². The van der Waals surface area contributed by atoms with E-state index < -0.39 is 0 Å². The molecule has 0 saturated heterocycles. The molecule has 0 heterocycles. The molecule has 1 aliphatic carbocycles. The minimum absolute atomic E-state index is 0.112. The molecule has 0 aromatic carbocycles. The Morgan fingerprint density at radius 2 is 2.18 bits per heavy atom. The molecular weight excluding hydrogens is 216 g/mol. The van der Waals surface area contributed by atoms with Gasteiger partial charge in [0.15, 0.2) is 0 Å². The highest BCUT2D eigenvalue weighted by Crippen LogP contribution is 2.28. The molecule has 0 N–H and O–H groups in total. The van der Waals surface area contributed by atoms with Crippen molar-refractivity contribution in [2.45, 2.75) is 58.5 Å². The number of esters is 1. The van der Waals surface area contributed by atoms with Crippen molar-refractivity contribution in [3.8, 4) is 0 Å². The zero-order valence-electron chi connectivity index (χ0n) is 10.8. The van der Waals surface area contributed by atoms with Gasteiger partial charge >= 0.3 is 5.97 Å². The molecule has 0 aromatic rings. The summed E-state index contributed by atoms with van der Waals surface area (Å²) in [6.45, 7) is 4.01. The molecule has 3 nitrogen and oxygen atoms in total. The van der Waals surface area contributed by atoms with E-state index in [2.05, 4.69) is 13.0 Å². The molecule has 1 rings (SSSR count). The Bertz CT molecular complexity index is 294. The third kappa shape index (κ3) is 4.33. The average molecular weight is 238 g/mol. The lowest BCUT2D eigenvalue weighted by molar-refractivity contribution is -0.151. The van der Waals surface area contributed by atoms with Gasteiger partial charge in [-0.15, -0.1) is 0 Å². The van der Waals surface area contributed by atoms with Crippen LogP contribution in [0, 0.1) is 5.92 Å². The van der Waals surface area contributed by atoms with Gasteiger partial charge in [0.2, 0.25) is 0 Å². The van der Waals surface area contributed by atoms with Gasteiger partial charge in [0.25, 0.3) is 0 Å². The van der Waals surface area contributed by atoms with Crippen LogP contribution in [0.5, 0.6) is 0 Å². The van der Waals surface area contributed by atoms with Gasteiger partial charge in [-0.05, 0) is 25.7 Å². The third-order valence-electron chi connectivity index (χ3n) is 3.07. The second-order valence-corrected chi connectivity index (χ2v) is 4.51. The summed E-state index contributed by atoms with van der Waals surface area (Å²) >= 11 is 0. The third-order valence-corrected chi connectivity index (χ3v) is 3.07. The van der Waals surface area contributed by atoms with E-state index in [0.717, 1.165) is 12.8 Å². The Kier molecular flexibility index (Phi) is 5.95. The monoisotopic (exact) mass is 238 g/mol. The normalized spacial score (nSPS) is 24.5. The molecule has 96 valence electrons. The minimum atomic E-state index is -0.192. The Hall–Kier alpha value is -1.12. The van der Waals surface area contributed by atoms with Gasteiger partial charge in [0, 0.05) is 12.8 Å². The summed E-state index contributed by atoms with van der Waals surface area (Å²) in [5, 5.41) is 0. The number of allylic oxidation sites excluding steroid dienone is 2. The molecular formula is C14H22O3. The Morgan fingerprint density at radius 1 is 1.41 bits per heavy atom. The molecule has 0 amide bonds. The van der Waals surface area contributed by atoms with E-state index >= 15 is 0 Å². The van der Waals surface area contributed by atoms with Crippen LogP contribution in [-0.2, 0) is 14.3 Å². The van der Waals surface area contributed by atoms with Gasteiger partial charge < -0.3 is 4.74 Å². The highest BCUT2D eigenvalue weighted by molar-refractivity contribution is 5.84. The van der Waals surface area contributed by atoms with Crippen molar-refractivity contribution in [3.05, 3.63) is 12.2 Å². The summed E-state index contributed by atoms with van der Waals surface area (Å²) in [7, 11) is 0. The number of hydrogen-bond donors (Lipinski definition) is 0. The maximum atomic E-state index is 11.7. The molecule has 0 aliphatic heterocycles. The number of carbonyl (C=O) groups excluding carboxylic acids is 2. The van der Waals surface area contributed by atoms with Gasteiger partial charge in [0.05, 0.1) is 5.92 Å². The molecule has 1 saturated carbocycles. The first-order valence-electron chi connectivity index (χ1n) is 6.56. The van der Waals surface area contributed by atoms with E-state index in [-0.39, 0.29) is 23.8 Å². The lowest BCUT2D eigenvalue weighted by atomic mass is 10.00. The van der Waals surface area contributed by atoms with Gasteiger partial charge in [-0.25, -0.2) is 0 Å². The zero-order chi connectivity index (χ0) is 12.7. The lowest BCUT2D eigenvalue weighted by Crippen LogP contribution is -2.24. The summed E-state index contributed by atoms with van der Waals surface area (Å²) in [4.78, 5) is 23.1. The quantitative estimate of drug-likeness (QED) is 0.527. The van der Waals surface area contributed by atoms with Gasteiger partial charge in [-0.3, -0.25) is 9.59 Å². The van der Waals surface area contributed by atoms with E-state index in [1.54, 1.807) is 0 Å². The van der Waals surface area contributed by atoms with Crippen LogP contribution in [0.4, 0.5) is 0 Å². The molecule has 0 radical (unpaired) electrons. The smallest absolute Gasteiger partial charge is 0.306 e. The standard InChI is InChI=1S/C14H22O3/c1-3-5-6-8-11-12(15)9-10-13(11)17-14(16)7-4-2/h5-6,11,13H,3-4,7-10H2,1-2H3. The molecule has 2 unspecified atom stereocenters. The molecule has 1 aliphatic rings. The molecule has 1 fully saturated rings. The molecule has 3 heteroatoms. The fourth-order valence-electron chi connectivity index (χ4n) is 2.14. The first kappa shape index (κ1) is 13.9. The Morgan fingerprint density at radius 3 is 2.82 bits per heavy atom. The first-order valence-corrected chi connectivity index (χ1v) is 6.56. The lowest BCUT2D eigenvalue weighted by Gasteiger charge is -2.17. The van der Waals surface area contributed by atoms with Crippen molar-refractivity contribution in [2.24, 2.45) is 5.92 Å². The van der Waals surface area contributed by atoms with Crippen molar-refractivity contribution in [2.75, 3.05) is 0 Å². The van der Waals surface area contributed by atoms with Crippen LogP contribution in [0.25, 0.3) is 0 Å². The molecule has 17 heavy (non-hydrogen) atoms. The second kappa shape index (κ2) is 7.25. The van der Waals surface area contributed by atoms with E-state index in [1.807, 2.05) is 13.0 Å². The largest absolute Gasteiger partial charge is 0.462 e. The summed E-state index contributed by atoms with van der Waals surface area (Å²) in [6.07, 6.45) is 8.04. The van der Waals surface area contributed by atoms with Crippen LogP contribution in [0.2, 0.25) is 0 Å². The van der Waals surface area contributed by atoms with E-state index in [0.29, 0.717) is 25.7 Å². The maximum absolute atomic E-state index is 11.7. The van der Waals surface area contributed by atoms with Gasteiger partial charge in [-0.2, -0.15) is 0 Å².